The van der Waals surface area contributed by atoms with Crippen molar-refractivity contribution in [3.8, 4) is 11.5 Å². The molecule has 2 heterocycles. The molecule has 0 spiro atoms. The smallest absolute Gasteiger partial charge is 0.252 e. The first-order valence-electron chi connectivity index (χ1n) is 6.83. The fourth-order valence-corrected chi connectivity index (χ4v) is 2.68. The molecule has 2 N–H and O–H groups in total. The van der Waals surface area contributed by atoms with Gasteiger partial charge in [0.05, 0.1) is 5.02 Å². The molecule has 1 aromatic rings. The summed E-state index contributed by atoms with van der Waals surface area (Å²) in [5.74, 6) is 0.392. The molecule has 1 aromatic carbocycles. The topological polar surface area (TPSA) is 76.7 Å². The van der Waals surface area contributed by atoms with Crippen molar-refractivity contribution in [3.05, 3.63) is 22.7 Å². The van der Waals surface area contributed by atoms with Crippen LogP contribution in [0.5, 0.6) is 11.5 Å². The third-order valence-electron chi connectivity index (χ3n) is 3.53. The Labute approximate surface area is 126 Å². The van der Waals surface area contributed by atoms with Gasteiger partial charge in [-0.3, -0.25) is 9.59 Å². The number of rotatable bonds is 2. The molecule has 1 saturated heterocycles. The Kier molecular flexibility index (Phi) is 3.88. The minimum Gasteiger partial charge on any atom is -0.454 e. The van der Waals surface area contributed by atoms with Crippen LogP contribution < -0.4 is 20.1 Å². The second kappa shape index (κ2) is 5.81. The number of ether oxygens (including phenoxy) is 2. The van der Waals surface area contributed by atoms with E-state index >= 15 is 0 Å². The summed E-state index contributed by atoms with van der Waals surface area (Å²) in [4.78, 5) is 24.1. The summed E-state index contributed by atoms with van der Waals surface area (Å²) in [6.45, 7) is 0.742. The van der Waals surface area contributed by atoms with Gasteiger partial charge >= 0.3 is 0 Å². The standard InChI is InChI=1S/C14H15ClN2O4/c15-9-5-8(6-11-12(9)21-7-20-11)13(18)17-10-3-1-2-4-16-14(10)19/h5-6,10H,1-4,7H2,(H,16,19)(H,17,18). The lowest BCUT2D eigenvalue weighted by atomic mass is 10.1. The number of halogens is 1. The summed E-state index contributed by atoms with van der Waals surface area (Å²) >= 11 is 6.05. The molecule has 7 heteroatoms. The van der Waals surface area contributed by atoms with Gasteiger partial charge in [0.25, 0.3) is 5.91 Å². The third kappa shape index (κ3) is 2.90. The molecule has 0 aromatic heterocycles. The van der Waals surface area contributed by atoms with Gasteiger partial charge < -0.3 is 20.1 Å². The lowest BCUT2D eigenvalue weighted by molar-refractivity contribution is -0.122. The molecule has 2 aliphatic rings. The van der Waals surface area contributed by atoms with E-state index in [4.69, 9.17) is 21.1 Å². The van der Waals surface area contributed by atoms with Crippen molar-refractivity contribution in [2.75, 3.05) is 13.3 Å². The van der Waals surface area contributed by atoms with Gasteiger partial charge in [0.15, 0.2) is 11.5 Å². The molecule has 0 radical (unpaired) electrons. The molecule has 6 nitrogen and oxygen atoms in total. The van der Waals surface area contributed by atoms with E-state index in [9.17, 15) is 9.59 Å². The van der Waals surface area contributed by atoms with Crippen LogP contribution in [0, 0.1) is 0 Å². The molecule has 2 aliphatic heterocycles. The highest BCUT2D eigenvalue weighted by atomic mass is 35.5. The first-order chi connectivity index (χ1) is 10.1. The zero-order chi connectivity index (χ0) is 14.8. The molecular weight excluding hydrogens is 296 g/mol. The van der Waals surface area contributed by atoms with E-state index in [1.165, 1.54) is 6.07 Å². The van der Waals surface area contributed by atoms with Gasteiger partial charge in [-0.05, 0) is 31.4 Å². The summed E-state index contributed by atoms with van der Waals surface area (Å²) < 4.78 is 10.4. The minimum atomic E-state index is -0.510. The van der Waals surface area contributed by atoms with Crippen LogP contribution >= 0.6 is 11.6 Å². The number of amides is 2. The van der Waals surface area contributed by atoms with Gasteiger partial charge in [-0.2, -0.15) is 0 Å². The Morgan fingerprint density at radius 1 is 1.33 bits per heavy atom. The molecule has 0 aliphatic carbocycles. The molecule has 1 fully saturated rings. The summed E-state index contributed by atoms with van der Waals surface area (Å²) in [7, 11) is 0. The van der Waals surface area contributed by atoms with Crippen molar-refractivity contribution in [3.63, 3.8) is 0 Å². The average molecular weight is 311 g/mol. The van der Waals surface area contributed by atoms with Crippen LogP contribution in [0.3, 0.4) is 0 Å². The summed E-state index contributed by atoms with van der Waals surface area (Å²) in [6.07, 6.45) is 2.45. The van der Waals surface area contributed by atoms with Crippen molar-refractivity contribution in [1.82, 2.24) is 10.6 Å². The summed E-state index contributed by atoms with van der Waals surface area (Å²) in [6, 6.07) is 2.57. The Bertz CT molecular complexity index is 591. The molecule has 0 saturated carbocycles. The number of nitrogens with one attached hydrogen (secondary N) is 2. The number of carbonyl (C=O) groups is 2. The zero-order valence-corrected chi connectivity index (χ0v) is 12.0. The number of hydrogen-bond acceptors (Lipinski definition) is 4. The van der Waals surface area contributed by atoms with E-state index in [1.54, 1.807) is 6.07 Å². The van der Waals surface area contributed by atoms with E-state index in [0.29, 0.717) is 35.1 Å². The van der Waals surface area contributed by atoms with Gasteiger partial charge in [-0.15, -0.1) is 0 Å². The Morgan fingerprint density at radius 3 is 3.05 bits per heavy atom. The number of hydrogen-bond donors (Lipinski definition) is 2. The molecular formula is C14H15ClN2O4. The normalized spacial score (nSPS) is 20.6. The van der Waals surface area contributed by atoms with E-state index in [1.807, 2.05) is 0 Å². The summed E-state index contributed by atoms with van der Waals surface area (Å²) in [5.41, 5.74) is 0.348. The second-order valence-corrected chi connectivity index (χ2v) is 5.41. The monoisotopic (exact) mass is 310 g/mol. The fourth-order valence-electron chi connectivity index (χ4n) is 2.42. The first-order valence-corrected chi connectivity index (χ1v) is 7.20. The van der Waals surface area contributed by atoms with Crippen molar-refractivity contribution in [2.45, 2.75) is 25.3 Å². The zero-order valence-electron chi connectivity index (χ0n) is 11.3. The highest BCUT2D eigenvalue weighted by molar-refractivity contribution is 6.32. The maximum absolute atomic E-state index is 12.3. The molecule has 3 rings (SSSR count). The Morgan fingerprint density at radius 2 is 2.19 bits per heavy atom. The molecule has 1 atom stereocenters. The van der Waals surface area contributed by atoms with Crippen molar-refractivity contribution in [2.24, 2.45) is 0 Å². The van der Waals surface area contributed by atoms with E-state index in [-0.39, 0.29) is 18.6 Å². The van der Waals surface area contributed by atoms with Crippen LogP contribution in [-0.2, 0) is 4.79 Å². The quantitative estimate of drug-likeness (QED) is 0.867. The highest BCUT2D eigenvalue weighted by Crippen LogP contribution is 2.39. The van der Waals surface area contributed by atoms with E-state index < -0.39 is 6.04 Å². The number of fused-ring (bicyclic) bond motifs is 1. The molecule has 112 valence electrons. The van der Waals surface area contributed by atoms with Crippen LogP contribution in [0.25, 0.3) is 0 Å². The van der Waals surface area contributed by atoms with Crippen LogP contribution in [-0.4, -0.2) is 31.2 Å². The van der Waals surface area contributed by atoms with Crippen LogP contribution in [0.2, 0.25) is 5.02 Å². The third-order valence-corrected chi connectivity index (χ3v) is 3.81. The Hall–Kier alpha value is -1.95. The van der Waals surface area contributed by atoms with Gasteiger partial charge in [-0.25, -0.2) is 0 Å². The van der Waals surface area contributed by atoms with E-state index in [0.717, 1.165) is 12.8 Å². The fraction of sp³-hybridized carbons (Fsp3) is 0.429. The minimum absolute atomic E-state index is 0.0884. The van der Waals surface area contributed by atoms with Crippen LogP contribution in [0.15, 0.2) is 12.1 Å². The largest absolute Gasteiger partial charge is 0.454 e. The lowest BCUT2D eigenvalue weighted by Crippen LogP contribution is -2.45. The number of carbonyl (C=O) groups excluding carboxylic acids is 2. The molecule has 2 amide bonds. The van der Waals surface area contributed by atoms with Crippen LogP contribution in [0.4, 0.5) is 0 Å². The van der Waals surface area contributed by atoms with Gasteiger partial charge in [-0.1, -0.05) is 11.6 Å². The average Bonchev–Trinajstić information content (AvgIpc) is 2.85. The predicted octanol–water partition coefficient (Wildman–Crippen LogP) is 1.47. The molecule has 0 bridgehead atoms. The SMILES string of the molecule is O=C(NC1CCCCNC1=O)c1cc(Cl)c2c(c1)OCO2. The van der Waals surface area contributed by atoms with Crippen molar-refractivity contribution < 1.29 is 19.1 Å². The Balaban J connectivity index is 1.76. The van der Waals surface area contributed by atoms with Crippen molar-refractivity contribution in [1.29, 1.82) is 0 Å². The van der Waals surface area contributed by atoms with Gasteiger partial charge in [0.2, 0.25) is 12.7 Å². The predicted molar refractivity (Wildman–Crippen MR) is 75.7 cm³/mol. The van der Waals surface area contributed by atoms with E-state index in [2.05, 4.69) is 10.6 Å². The molecule has 1 unspecified atom stereocenters. The lowest BCUT2D eigenvalue weighted by Gasteiger charge is -2.15. The molecule has 21 heavy (non-hydrogen) atoms. The maximum Gasteiger partial charge on any atom is 0.252 e. The van der Waals surface area contributed by atoms with Crippen LogP contribution in [0.1, 0.15) is 29.6 Å². The number of benzene rings is 1. The highest BCUT2D eigenvalue weighted by Gasteiger charge is 2.25. The van der Waals surface area contributed by atoms with Crippen molar-refractivity contribution >= 4 is 23.4 Å². The van der Waals surface area contributed by atoms with Gasteiger partial charge in [0, 0.05) is 12.1 Å². The van der Waals surface area contributed by atoms with Gasteiger partial charge in [0.1, 0.15) is 6.04 Å². The first kappa shape index (κ1) is 14.0. The summed E-state index contributed by atoms with van der Waals surface area (Å²) in [5, 5.41) is 5.84. The second-order valence-electron chi connectivity index (χ2n) is 5.00. The maximum atomic E-state index is 12.3.